The van der Waals surface area contributed by atoms with Gasteiger partial charge in [0.2, 0.25) is 5.91 Å². The standard InChI is InChI=1S/C16H20N2O2/c19-16(18-10-12-5-7-17-8-6-12)14-9-13-3-1-2-4-15(13)20-11-14/h1-5,14,17H,6-11H2,(H,18,19)/t14-/m1/s1. The Morgan fingerprint density at radius 2 is 2.30 bits per heavy atom. The summed E-state index contributed by atoms with van der Waals surface area (Å²) in [4.78, 5) is 12.2. The van der Waals surface area contributed by atoms with Crippen LogP contribution in [0.1, 0.15) is 12.0 Å². The van der Waals surface area contributed by atoms with E-state index in [0.29, 0.717) is 13.2 Å². The molecule has 0 unspecified atom stereocenters. The van der Waals surface area contributed by atoms with Gasteiger partial charge < -0.3 is 15.4 Å². The lowest BCUT2D eigenvalue weighted by molar-refractivity contribution is -0.126. The molecule has 2 aliphatic rings. The second-order valence-corrected chi connectivity index (χ2v) is 5.35. The van der Waals surface area contributed by atoms with Crippen molar-refractivity contribution >= 4 is 5.91 Å². The van der Waals surface area contributed by atoms with E-state index in [1.165, 1.54) is 5.57 Å². The third kappa shape index (κ3) is 3.02. The summed E-state index contributed by atoms with van der Waals surface area (Å²) in [6.07, 6.45) is 3.95. The first-order chi connectivity index (χ1) is 9.83. The summed E-state index contributed by atoms with van der Waals surface area (Å²) in [5, 5.41) is 6.31. The number of hydrogen-bond acceptors (Lipinski definition) is 3. The van der Waals surface area contributed by atoms with Crippen LogP contribution in [-0.4, -0.2) is 32.1 Å². The van der Waals surface area contributed by atoms with Gasteiger partial charge in [-0.1, -0.05) is 29.8 Å². The quantitative estimate of drug-likeness (QED) is 0.815. The van der Waals surface area contributed by atoms with E-state index in [0.717, 1.165) is 37.2 Å². The van der Waals surface area contributed by atoms with Crippen LogP contribution in [0.3, 0.4) is 0 Å². The SMILES string of the molecule is O=C(NCC1=CCNCC1)[C@H]1COc2ccccc2C1. The predicted octanol–water partition coefficient (Wildman–Crippen LogP) is 1.27. The second kappa shape index (κ2) is 6.09. The van der Waals surface area contributed by atoms with Crippen molar-refractivity contribution in [2.24, 2.45) is 5.92 Å². The molecule has 1 atom stereocenters. The van der Waals surface area contributed by atoms with Crippen molar-refractivity contribution in [3.8, 4) is 5.75 Å². The molecule has 106 valence electrons. The maximum Gasteiger partial charge on any atom is 0.227 e. The molecule has 0 spiro atoms. The summed E-state index contributed by atoms with van der Waals surface area (Å²) >= 11 is 0. The number of carbonyl (C=O) groups excluding carboxylic acids is 1. The maximum atomic E-state index is 12.2. The van der Waals surface area contributed by atoms with E-state index in [4.69, 9.17) is 4.74 Å². The molecule has 0 saturated heterocycles. The first-order valence-corrected chi connectivity index (χ1v) is 7.20. The molecule has 4 nitrogen and oxygen atoms in total. The average Bonchev–Trinajstić information content (AvgIpc) is 2.53. The minimum absolute atomic E-state index is 0.0767. The van der Waals surface area contributed by atoms with Gasteiger partial charge in [-0.3, -0.25) is 4.79 Å². The van der Waals surface area contributed by atoms with E-state index in [-0.39, 0.29) is 11.8 Å². The van der Waals surface area contributed by atoms with Crippen molar-refractivity contribution < 1.29 is 9.53 Å². The molecule has 0 aromatic heterocycles. The Labute approximate surface area is 119 Å². The summed E-state index contributed by atoms with van der Waals surface area (Å²) in [5.74, 6) is 0.934. The number of carbonyl (C=O) groups is 1. The van der Waals surface area contributed by atoms with Gasteiger partial charge >= 0.3 is 0 Å². The van der Waals surface area contributed by atoms with Crippen LogP contribution in [0.4, 0.5) is 0 Å². The summed E-state index contributed by atoms with van der Waals surface area (Å²) in [6, 6.07) is 7.94. The Bertz CT molecular complexity index is 525. The first-order valence-electron chi connectivity index (χ1n) is 7.20. The molecule has 1 amide bonds. The molecule has 0 saturated carbocycles. The molecule has 4 heteroatoms. The molecule has 0 bridgehead atoms. The highest BCUT2D eigenvalue weighted by atomic mass is 16.5. The van der Waals surface area contributed by atoms with Crippen LogP contribution >= 0.6 is 0 Å². The van der Waals surface area contributed by atoms with Gasteiger partial charge in [-0.15, -0.1) is 0 Å². The molecule has 1 aromatic carbocycles. The van der Waals surface area contributed by atoms with Gasteiger partial charge in [0.15, 0.2) is 0 Å². The van der Waals surface area contributed by atoms with Crippen molar-refractivity contribution in [2.45, 2.75) is 12.8 Å². The Kier molecular flexibility index (Phi) is 4.02. The molecule has 0 aliphatic carbocycles. The summed E-state index contributed by atoms with van der Waals surface area (Å²) in [5.41, 5.74) is 2.44. The Balaban J connectivity index is 1.55. The molecule has 2 heterocycles. The van der Waals surface area contributed by atoms with Crippen molar-refractivity contribution in [1.29, 1.82) is 0 Å². The Morgan fingerprint density at radius 1 is 1.40 bits per heavy atom. The van der Waals surface area contributed by atoms with Crippen LogP contribution in [0, 0.1) is 5.92 Å². The van der Waals surface area contributed by atoms with Gasteiger partial charge in [0.05, 0.1) is 5.92 Å². The summed E-state index contributed by atoms with van der Waals surface area (Å²) in [6.45, 7) is 3.05. The largest absolute Gasteiger partial charge is 0.492 e. The van der Waals surface area contributed by atoms with Gasteiger partial charge in [0.25, 0.3) is 0 Å². The lowest BCUT2D eigenvalue weighted by Gasteiger charge is -2.25. The van der Waals surface area contributed by atoms with Crippen molar-refractivity contribution in [3.05, 3.63) is 41.5 Å². The minimum Gasteiger partial charge on any atom is -0.492 e. The van der Waals surface area contributed by atoms with Gasteiger partial charge in [-0.05, 0) is 31.0 Å². The average molecular weight is 272 g/mol. The molecule has 2 N–H and O–H groups in total. The predicted molar refractivity (Wildman–Crippen MR) is 77.7 cm³/mol. The number of amides is 1. The Hall–Kier alpha value is -1.81. The Morgan fingerprint density at radius 3 is 3.15 bits per heavy atom. The number of rotatable bonds is 3. The number of nitrogens with one attached hydrogen (secondary N) is 2. The van der Waals surface area contributed by atoms with Crippen LogP contribution in [0.2, 0.25) is 0 Å². The molecular weight excluding hydrogens is 252 g/mol. The summed E-state index contributed by atoms with van der Waals surface area (Å²) < 4.78 is 5.66. The fourth-order valence-corrected chi connectivity index (χ4v) is 2.67. The third-order valence-corrected chi connectivity index (χ3v) is 3.90. The van der Waals surface area contributed by atoms with Gasteiger partial charge in [0.1, 0.15) is 12.4 Å². The normalized spacial score (nSPS) is 21.4. The summed E-state index contributed by atoms with van der Waals surface area (Å²) in [7, 11) is 0. The zero-order chi connectivity index (χ0) is 13.8. The molecule has 1 aromatic rings. The van der Waals surface area contributed by atoms with E-state index in [9.17, 15) is 4.79 Å². The maximum absolute atomic E-state index is 12.2. The topological polar surface area (TPSA) is 50.4 Å². The fraction of sp³-hybridized carbons (Fsp3) is 0.438. The van der Waals surface area contributed by atoms with E-state index in [2.05, 4.69) is 16.7 Å². The number of fused-ring (bicyclic) bond motifs is 1. The van der Waals surface area contributed by atoms with E-state index < -0.39 is 0 Å². The molecule has 0 fully saturated rings. The molecule has 2 aliphatic heterocycles. The number of hydrogen-bond donors (Lipinski definition) is 2. The van der Waals surface area contributed by atoms with Crippen molar-refractivity contribution in [2.75, 3.05) is 26.2 Å². The number of benzene rings is 1. The van der Waals surface area contributed by atoms with Crippen LogP contribution in [0.5, 0.6) is 5.75 Å². The zero-order valence-electron chi connectivity index (χ0n) is 11.5. The lowest BCUT2D eigenvalue weighted by atomic mass is 9.96. The first kappa shape index (κ1) is 13.2. The zero-order valence-corrected chi connectivity index (χ0v) is 11.5. The molecular formula is C16H20N2O2. The minimum atomic E-state index is -0.0767. The number of ether oxygens (including phenoxy) is 1. The van der Waals surface area contributed by atoms with E-state index >= 15 is 0 Å². The highest BCUT2D eigenvalue weighted by molar-refractivity contribution is 5.79. The van der Waals surface area contributed by atoms with Gasteiger partial charge in [-0.25, -0.2) is 0 Å². The van der Waals surface area contributed by atoms with Crippen molar-refractivity contribution in [3.63, 3.8) is 0 Å². The van der Waals surface area contributed by atoms with Crippen LogP contribution < -0.4 is 15.4 Å². The van der Waals surface area contributed by atoms with Crippen LogP contribution in [-0.2, 0) is 11.2 Å². The smallest absolute Gasteiger partial charge is 0.227 e. The fourth-order valence-electron chi connectivity index (χ4n) is 2.67. The second-order valence-electron chi connectivity index (χ2n) is 5.35. The van der Waals surface area contributed by atoms with E-state index in [1.807, 2.05) is 24.3 Å². The molecule has 20 heavy (non-hydrogen) atoms. The molecule has 0 radical (unpaired) electrons. The van der Waals surface area contributed by atoms with Crippen molar-refractivity contribution in [1.82, 2.24) is 10.6 Å². The van der Waals surface area contributed by atoms with E-state index in [1.54, 1.807) is 0 Å². The van der Waals surface area contributed by atoms with Gasteiger partial charge in [0, 0.05) is 13.1 Å². The molecule has 3 rings (SSSR count). The van der Waals surface area contributed by atoms with Crippen LogP contribution in [0.15, 0.2) is 35.9 Å². The monoisotopic (exact) mass is 272 g/mol. The third-order valence-electron chi connectivity index (χ3n) is 3.90. The highest BCUT2D eigenvalue weighted by Gasteiger charge is 2.25. The van der Waals surface area contributed by atoms with Crippen LogP contribution in [0.25, 0.3) is 0 Å². The highest BCUT2D eigenvalue weighted by Crippen LogP contribution is 2.26. The van der Waals surface area contributed by atoms with Gasteiger partial charge in [-0.2, -0.15) is 0 Å². The lowest BCUT2D eigenvalue weighted by Crippen LogP contribution is -2.38. The number of para-hydroxylation sites is 1.